The Balaban J connectivity index is 1.80. The third-order valence-corrected chi connectivity index (χ3v) is 4.14. The van der Waals surface area contributed by atoms with E-state index in [1.54, 1.807) is 0 Å². The molecule has 0 saturated carbocycles. The van der Waals surface area contributed by atoms with Gasteiger partial charge in [0.15, 0.2) is 0 Å². The number of aromatic nitrogens is 4. The first-order valence-electron chi connectivity index (χ1n) is 7.05. The Bertz CT molecular complexity index is 621. The molecule has 0 amide bonds. The van der Waals surface area contributed by atoms with Crippen LogP contribution < -0.4 is 9.13 Å². The van der Waals surface area contributed by atoms with Crippen molar-refractivity contribution in [3.8, 4) is 0 Å². The van der Waals surface area contributed by atoms with Crippen molar-refractivity contribution in [2.24, 2.45) is 18.4 Å². The second-order valence-corrected chi connectivity index (χ2v) is 5.92. The zero-order valence-electron chi connectivity index (χ0n) is 12.1. The van der Waals surface area contributed by atoms with Crippen molar-refractivity contribution in [1.82, 2.24) is 9.55 Å². The second kappa shape index (κ2) is 5.12. The number of rotatable bonds is 4. The van der Waals surface area contributed by atoms with Gasteiger partial charge in [0.25, 0.3) is 0 Å². The van der Waals surface area contributed by atoms with Gasteiger partial charge in [-0.25, -0.2) is 13.7 Å². The maximum Gasteiger partial charge on any atom is 0.243 e. The minimum Gasteiger partial charge on any atom is -0.250 e. The number of aryl methyl sites for hydroxylation is 1. The highest BCUT2D eigenvalue weighted by atomic mass is 15.1. The summed E-state index contributed by atoms with van der Waals surface area (Å²) in [6.07, 6.45) is 21.4. The molecule has 20 heavy (non-hydrogen) atoms. The van der Waals surface area contributed by atoms with E-state index < -0.39 is 0 Å². The minimum atomic E-state index is 0.130. The number of nitrogens with zero attached hydrogens (tertiary/aromatic N) is 3. The van der Waals surface area contributed by atoms with Crippen molar-refractivity contribution in [1.29, 1.82) is 0 Å². The number of nitrogens with one attached hydrogen (secondary N) is 1. The van der Waals surface area contributed by atoms with E-state index >= 15 is 0 Å². The molecule has 104 valence electrons. The number of hydrogen-bond acceptors (Lipinski definition) is 0. The van der Waals surface area contributed by atoms with Gasteiger partial charge in [0.1, 0.15) is 24.8 Å². The van der Waals surface area contributed by atoms with Crippen molar-refractivity contribution in [2.75, 3.05) is 0 Å². The molecule has 0 aromatic carbocycles. The smallest absolute Gasteiger partial charge is 0.243 e. The average molecular weight is 270 g/mol. The van der Waals surface area contributed by atoms with Gasteiger partial charge in [0.05, 0.1) is 20.1 Å². The number of imidazole rings is 2. The van der Waals surface area contributed by atoms with E-state index in [4.69, 9.17) is 0 Å². The molecule has 2 aromatic heterocycles. The van der Waals surface area contributed by atoms with E-state index in [1.807, 2.05) is 12.5 Å². The largest absolute Gasteiger partial charge is 0.250 e. The normalized spacial score (nSPS) is 25.2. The Kier molecular flexibility index (Phi) is 3.30. The Hall–Kier alpha value is -2.10. The molecule has 2 heterocycles. The summed E-state index contributed by atoms with van der Waals surface area (Å²) in [5, 5.41) is 0. The summed E-state index contributed by atoms with van der Waals surface area (Å²) in [6, 6.07) is 0. The van der Waals surface area contributed by atoms with Crippen LogP contribution in [0.4, 0.5) is 0 Å². The van der Waals surface area contributed by atoms with E-state index in [1.165, 1.54) is 0 Å². The number of H-pyrrole nitrogens is 1. The van der Waals surface area contributed by atoms with Crippen molar-refractivity contribution in [3.63, 3.8) is 0 Å². The van der Waals surface area contributed by atoms with E-state index in [0.29, 0.717) is 5.92 Å². The lowest BCUT2D eigenvalue weighted by molar-refractivity contribution is -0.702. The van der Waals surface area contributed by atoms with E-state index in [0.717, 1.165) is 13.1 Å². The van der Waals surface area contributed by atoms with Gasteiger partial charge in [0.2, 0.25) is 12.7 Å². The molecule has 1 aliphatic carbocycles. The molecular formula is C16H22N4+2. The second-order valence-electron chi connectivity index (χ2n) is 5.92. The van der Waals surface area contributed by atoms with E-state index in [2.05, 4.69) is 81.9 Å². The molecule has 0 radical (unpaired) electrons. The van der Waals surface area contributed by atoms with Crippen LogP contribution in [0.1, 0.15) is 6.92 Å². The first kappa shape index (κ1) is 12.9. The Morgan fingerprint density at radius 2 is 2.20 bits per heavy atom. The van der Waals surface area contributed by atoms with Crippen molar-refractivity contribution in [2.45, 2.75) is 20.0 Å². The predicted octanol–water partition coefficient (Wildman–Crippen LogP) is 1.38. The van der Waals surface area contributed by atoms with Crippen molar-refractivity contribution < 1.29 is 9.13 Å². The summed E-state index contributed by atoms with van der Waals surface area (Å²) in [7, 11) is 2.06. The third kappa shape index (κ3) is 2.59. The van der Waals surface area contributed by atoms with Crippen LogP contribution >= 0.6 is 0 Å². The molecule has 4 heteroatoms. The van der Waals surface area contributed by atoms with Crippen molar-refractivity contribution >= 4 is 0 Å². The van der Waals surface area contributed by atoms with Crippen LogP contribution in [-0.4, -0.2) is 9.55 Å². The maximum atomic E-state index is 3.11. The van der Waals surface area contributed by atoms with Crippen molar-refractivity contribution in [3.05, 3.63) is 61.7 Å². The summed E-state index contributed by atoms with van der Waals surface area (Å²) < 4.78 is 6.56. The molecule has 2 aromatic rings. The van der Waals surface area contributed by atoms with Crippen LogP contribution in [0, 0.1) is 11.3 Å². The molecule has 0 fully saturated rings. The molecule has 2 atom stereocenters. The van der Waals surface area contributed by atoms with Gasteiger partial charge >= 0.3 is 0 Å². The molecular weight excluding hydrogens is 248 g/mol. The summed E-state index contributed by atoms with van der Waals surface area (Å²) in [4.78, 5) is 3.11. The summed E-state index contributed by atoms with van der Waals surface area (Å²) in [5.74, 6) is 0.487. The Labute approximate surface area is 119 Å². The Morgan fingerprint density at radius 1 is 1.30 bits per heavy atom. The predicted molar refractivity (Wildman–Crippen MR) is 76.5 cm³/mol. The van der Waals surface area contributed by atoms with Gasteiger partial charge in [-0.15, -0.1) is 0 Å². The van der Waals surface area contributed by atoms with Crippen LogP contribution in [0.25, 0.3) is 0 Å². The van der Waals surface area contributed by atoms with Gasteiger partial charge < -0.3 is 0 Å². The van der Waals surface area contributed by atoms with E-state index in [-0.39, 0.29) is 5.41 Å². The van der Waals surface area contributed by atoms with Gasteiger partial charge in [0, 0.05) is 11.3 Å². The van der Waals surface area contributed by atoms with Gasteiger partial charge in [-0.3, -0.25) is 4.98 Å². The quantitative estimate of drug-likeness (QED) is 0.813. The summed E-state index contributed by atoms with van der Waals surface area (Å²) in [6.45, 7) is 4.32. The zero-order chi connectivity index (χ0) is 14.0. The zero-order valence-corrected chi connectivity index (χ0v) is 12.1. The highest BCUT2D eigenvalue weighted by Crippen LogP contribution is 2.35. The molecule has 4 nitrogen and oxygen atoms in total. The highest BCUT2D eigenvalue weighted by Gasteiger charge is 2.35. The monoisotopic (exact) mass is 270 g/mol. The number of hydrogen-bond donors (Lipinski definition) is 1. The van der Waals surface area contributed by atoms with E-state index in [9.17, 15) is 0 Å². The van der Waals surface area contributed by atoms with Gasteiger partial charge in [-0.2, -0.15) is 0 Å². The first-order valence-corrected chi connectivity index (χ1v) is 7.05. The number of aromatic amines is 1. The molecule has 0 bridgehead atoms. The molecule has 0 aliphatic heterocycles. The summed E-state index contributed by atoms with van der Waals surface area (Å²) in [5.41, 5.74) is 0.130. The SMILES string of the molecule is C[n+]1ccn(CC2(C)C=CC=CC2C[n+]2cc[nH]c2)c1. The maximum absolute atomic E-state index is 3.11. The minimum absolute atomic E-state index is 0.130. The molecule has 1 N–H and O–H groups in total. The average Bonchev–Trinajstić information content (AvgIpc) is 3.04. The molecule has 0 saturated heterocycles. The highest BCUT2D eigenvalue weighted by molar-refractivity contribution is 5.18. The summed E-state index contributed by atoms with van der Waals surface area (Å²) >= 11 is 0. The van der Waals surface area contributed by atoms with Crippen LogP contribution in [0.2, 0.25) is 0 Å². The molecule has 2 unspecified atom stereocenters. The number of allylic oxidation sites excluding steroid dienone is 4. The first-order chi connectivity index (χ1) is 9.66. The molecule has 0 spiro atoms. The topological polar surface area (TPSA) is 28.5 Å². The third-order valence-electron chi connectivity index (χ3n) is 4.14. The van der Waals surface area contributed by atoms with Gasteiger partial charge in [-0.1, -0.05) is 31.2 Å². The van der Waals surface area contributed by atoms with Crippen LogP contribution in [0.15, 0.2) is 61.7 Å². The lowest BCUT2D eigenvalue weighted by Crippen LogP contribution is -2.42. The molecule has 1 aliphatic rings. The lowest BCUT2D eigenvalue weighted by atomic mass is 9.74. The van der Waals surface area contributed by atoms with Crippen LogP contribution in [0.5, 0.6) is 0 Å². The fraction of sp³-hybridized carbons (Fsp3) is 0.375. The van der Waals surface area contributed by atoms with Gasteiger partial charge in [-0.05, 0) is 0 Å². The fourth-order valence-electron chi connectivity index (χ4n) is 2.91. The fourth-order valence-corrected chi connectivity index (χ4v) is 2.91. The lowest BCUT2D eigenvalue weighted by Gasteiger charge is -2.32. The van der Waals surface area contributed by atoms with Crippen LogP contribution in [-0.2, 0) is 20.1 Å². The standard InChI is InChI=1S/C16H21N4/c1-16(12-20-10-9-18(2)14-20)6-4-3-5-15(16)11-19-8-7-17-13-19/h3-10,13-15H,11-12H2,1-2H3/q+1/p+1. The molecule has 3 rings (SSSR count). The Morgan fingerprint density at radius 3 is 2.90 bits per heavy atom. The van der Waals surface area contributed by atoms with Crippen LogP contribution in [0.3, 0.4) is 0 Å².